The fourth-order valence-corrected chi connectivity index (χ4v) is 9.00. The van der Waals surface area contributed by atoms with Crippen molar-refractivity contribution in [3.63, 3.8) is 0 Å². The summed E-state index contributed by atoms with van der Waals surface area (Å²) in [4.78, 5) is 4.23. The van der Waals surface area contributed by atoms with E-state index in [-0.39, 0.29) is 40.0 Å². The van der Waals surface area contributed by atoms with E-state index in [9.17, 15) is 57.9 Å². The third-order valence-electron chi connectivity index (χ3n) is 12.0. The second kappa shape index (κ2) is 15.5. The molecule has 68 heavy (non-hydrogen) atoms. The Bertz CT molecular complexity index is 3700. The summed E-state index contributed by atoms with van der Waals surface area (Å²) in [5.74, 6) is 0. The number of halogens is 12. The summed E-state index contributed by atoms with van der Waals surface area (Å²) in [6, 6.07) is 34.2. The Kier molecular flexibility index (Phi) is 9.99. The Hall–Kier alpha value is -8.06. The van der Waals surface area contributed by atoms with Gasteiger partial charge in [0.05, 0.1) is 67.3 Å². The van der Waals surface area contributed by atoms with Crippen LogP contribution < -0.4 is 0 Å². The number of benzene rings is 7. The number of rotatable bonds is 5. The lowest BCUT2D eigenvalue weighted by molar-refractivity contribution is -0.144. The van der Waals surface area contributed by atoms with Crippen LogP contribution in [0.3, 0.4) is 0 Å². The van der Waals surface area contributed by atoms with Crippen molar-refractivity contribution in [2.75, 3.05) is 0 Å². The lowest BCUT2D eigenvalue weighted by atomic mass is 9.95. The predicted octanol–water partition coefficient (Wildman–Crippen LogP) is 16.2. The summed E-state index contributed by atoms with van der Waals surface area (Å²) in [5.41, 5.74) is -4.18. The number of nitrogens with zero attached hydrogens (tertiary/aromatic N) is 4. The number of fused-ring (bicyclic) bond motifs is 6. The van der Waals surface area contributed by atoms with Gasteiger partial charge in [0.15, 0.2) is 0 Å². The standard InChI is InChI=1S/C52H26F12N4/c53-49(54,55)32-13-17-34(41(23-32)51(59,60)61)28-11-15-38-36-7-1-3-9-43(36)67(45(38)20-28)47-22-31(26-65)40(30-6-5-19-66-27-30)25-48(47)68-44-10-4-2-8-37(44)39-16-12-29(21-46(39)68)35-18-14-33(50(56,57)58)24-42(35)52(62,63)64/h1-25,27H. The normalized spacial score (nSPS) is 12.7. The second-order valence-corrected chi connectivity index (χ2v) is 15.9. The van der Waals surface area contributed by atoms with E-state index in [1.807, 2.05) is 0 Å². The lowest BCUT2D eigenvalue weighted by Gasteiger charge is -2.20. The highest BCUT2D eigenvalue weighted by Crippen LogP contribution is 2.47. The van der Waals surface area contributed by atoms with Gasteiger partial charge < -0.3 is 9.13 Å². The van der Waals surface area contributed by atoms with Gasteiger partial charge in [-0.1, -0.05) is 78.9 Å². The Morgan fingerprint density at radius 2 is 0.853 bits per heavy atom. The van der Waals surface area contributed by atoms with E-state index in [0.29, 0.717) is 67.0 Å². The number of aromatic nitrogens is 3. The van der Waals surface area contributed by atoms with Crippen LogP contribution in [0.1, 0.15) is 27.8 Å². The monoisotopic (exact) mass is 934 g/mol. The van der Waals surface area contributed by atoms with Crippen LogP contribution in [-0.4, -0.2) is 14.1 Å². The average Bonchev–Trinajstić information content (AvgIpc) is 3.81. The van der Waals surface area contributed by atoms with Gasteiger partial charge in [-0.15, -0.1) is 0 Å². The summed E-state index contributed by atoms with van der Waals surface area (Å²) >= 11 is 0. The molecule has 0 bridgehead atoms. The maximum atomic E-state index is 14.6. The van der Waals surface area contributed by atoms with Crippen molar-refractivity contribution in [3.05, 3.63) is 186 Å². The first-order valence-electron chi connectivity index (χ1n) is 20.4. The molecule has 0 unspecified atom stereocenters. The molecule has 0 saturated heterocycles. The molecule has 0 atom stereocenters. The van der Waals surface area contributed by atoms with Crippen LogP contribution in [0.25, 0.3) is 88.4 Å². The summed E-state index contributed by atoms with van der Waals surface area (Å²) < 4.78 is 174. The molecule has 10 rings (SSSR count). The van der Waals surface area contributed by atoms with Crippen molar-refractivity contribution in [1.82, 2.24) is 14.1 Å². The van der Waals surface area contributed by atoms with Crippen LogP contribution in [0.2, 0.25) is 0 Å². The van der Waals surface area contributed by atoms with Gasteiger partial charge >= 0.3 is 24.7 Å². The Balaban J connectivity index is 1.32. The van der Waals surface area contributed by atoms with E-state index in [2.05, 4.69) is 11.1 Å². The first-order valence-corrected chi connectivity index (χ1v) is 20.4. The number of hydrogen-bond donors (Lipinski definition) is 0. The van der Waals surface area contributed by atoms with Gasteiger partial charge in [0, 0.05) is 45.1 Å². The molecular weight excluding hydrogens is 909 g/mol. The summed E-state index contributed by atoms with van der Waals surface area (Å²) in [6.07, 6.45) is -17.5. The van der Waals surface area contributed by atoms with Crippen molar-refractivity contribution in [2.45, 2.75) is 24.7 Å². The number of hydrogen-bond acceptors (Lipinski definition) is 2. The minimum atomic E-state index is -5.20. The molecule has 10 aromatic rings. The van der Waals surface area contributed by atoms with Crippen LogP contribution in [-0.2, 0) is 24.7 Å². The van der Waals surface area contributed by atoms with E-state index in [1.165, 1.54) is 36.7 Å². The molecular formula is C52H26F12N4. The number of nitriles is 1. The molecule has 7 aromatic carbocycles. The molecule has 3 heterocycles. The fourth-order valence-electron chi connectivity index (χ4n) is 9.00. The lowest BCUT2D eigenvalue weighted by Crippen LogP contribution is -2.12. The Labute approximate surface area is 376 Å². The molecule has 0 amide bonds. The van der Waals surface area contributed by atoms with Gasteiger partial charge in [0.25, 0.3) is 0 Å². The molecule has 3 aromatic heterocycles. The van der Waals surface area contributed by atoms with Crippen molar-refractivity contribution in [2.24, 2.45) is 0 Å². The summed E-state index contributed by atoms with van der Waals surface area (Å²) in [7, 11) is 0. The van der Waals surface area contributed by atoms with Gasteiger partial charge in [-0.3, -0.25) is 4.98 Å². The first-order chi connectivity index (χ1) is 32.2. The third-order valence-corrected chi connectivity index (χ3v) is 12.0. The highest BCUT2D eigenvalue weighted by Gasteiger charge is 2.40. The minimum absolute atomic E-state index is 0.0579. The molecule has 16 heteroatoms. The van der Waals surface area contributed by atoms with Gasteiger partial charge in [-0.2, -0.15) is 57.9 Å². The van der Waals surface area contributed by atoms with Gasteiger partial charge in [0.2, 0.25) is 0 Å². The van der Waals surface area contributed by atoms with Crippen LogP contribution in [0.5, 0.6) is 0 Å². The number of pyridine rings is 1. The smallest absolute Gasteiger partial charge is 0.307 e. The molecule has 4 nitrogen and oxygen atoms in total. The molecule has 0 fully saturated rings. The molecule has 0 spiro atoms. The topological polar surface area (TPSA) is 46.5 Å². The molecule has 0 aliphatic heterocycles. The molecule has 0 aliphatic carbocycles. The van der Waals surface area contributed by atoms with Crippen molar-refractivity contribution in [1.29, 1.82) is 5.26 Å². The maximum Gasteiger partial charge on any atom is 0.417 e. The zero-order valence-corrected chi connectivity index (χ0v) is 34.3. The number of alkyl halides is 12. The van der Waals surface area contributed by atoms with Gasteiger partial charge in [-0.25, -0.2) is 0 Å². The zero-order valence-electron chi connectivity index (χ0n) is 34.3. The Morgan fingerprint density at radius 1 is 0.397 bits per heavy atom. The zero-order chi connectivity index (χ0) is 48.1. The highest BCUT2D eigenvalue weighted by molar-refractivity contribution is 6.13. The van der Waals surface area contributed by atoms with E-state index in [1.54, 1.807) is 94.1 Å². The van der Waals surface area contributed by atoms with Crippen molar-refractivity contribution < 1.29 is 52.7 Å². The van der Waals surface area contributed by atoms with Gasteiger partial charge in [-0.05, 0) is 89.0 Å². The molecule has 338 valence electrons. The minimum Gasteiger partial charge on any atom is -0.307 e. The molecule has 0 aliphatic rings. The van der Waals surface area contributed by atoms with E-state index in [4.69, 9.17) is 0 Å². The molecule has 0 saturated carbocycles. The second-order valence-electron chi connectivity index (χ2n) is 15.9. The van der Waals surface area contributed by atoms with Crippen molar-refractivity contribution in [3.8, 4) is 50.8 Å². The molecule has 0 N–H and O–H groups in total. The first kappa shape index (κ1) is 43.8. The maximum absolute atomic E-state index is 14.6. The van der Waals surface area contributed by atoms with Crippen LogP contribution in [0.4, 0.5) is 52.7 Å². The highest BCUT2D eigenvalue weighted by atomic mass is 19.4. The summed E-state index contributed by atoms with van der Waals surface area (Å²) in [5, 5.41) is 13.0. The van der Waals surface area contributed by atoms with Crippen LogP contribution in [0.15, 0.2) is 158 Å². The largest absolute Gasteiger partial charge is 0.417 e. The third kappa shape index (κ3) is 7.34. The van der Waals surface area contributed by atoms with Crippen LogP contribution >= 0.6 is 0 Å². The Morgan fingerprint density at radius 3 is 1.28 bits per heavy atom. The average molecular weight is 935 g/mol. The predicted molar refractivity (Wildman–Crippen MR) is 234 cm³/mol. The van der Waals surface area contributed by atoms with E-state index < -0.39 is 58.1 Å². The number of para-hydroxylation sites is 2. The quantitative estimate of drug-likeness (QED) is 0.161. The SMILES string of the molecule is N#Cc1cc(-n2c3ccccc3c3ccc(-c4ccc(C(F)(F)F)cc4C(F)(F)F)cc32)c(-n2c3ccccc3c3ccc(-c4ccc(C(F)(F)F)cc4C(F)(F)F)cc32)cc1-c1cccnc1. The van der Waals surface area contributed by atoms with Crippen LogP contribution in [0, 0.1) is 11.3 Å². The molecule has 0 radical (unpaired) electrons. The fraction of sp³-hybridized carbons (Fsp3) is 0.0769. The summed E-state index contributed by atoms with van der Waals surface area (Å²) in [6.45, 7) is 0. The van der Waals surface area contributed by atoms with E-state index >= 15 is 0 Å². The van der Waals surface area contributed by atoms with Gasteiger partial charge in [0.1, 0.15) is 0 Å². The van der Waals surface area contributed by atoms with Crippen molar-refractivity contribution >= 4 is 43.6 Å². The van der Waals surface area contributed by atoms with E-state index in [0.717, 1.165) is 12.1 Å².